The summed E-state index contributed by atoms with van der Waals surface area (Å²) in [6.07, 6.45) is 6.20. The number of nitrogens with zero attached hydrogens (tertiary/aromatic N) is 2. The third kappa shape index (κ3) is 5.00. The first kappa shape index (κ1) is 25.4. The highest BCUT2D eigenvalue weighted by Gasteiger charge is 2.51. The number of benzene rings is 2. The number of aryl methyl sites for hydroxylation is 1. The molecule has 2 amide bonds. The molecule has 0 aromatic heterocycles. The van der Waals surface area contributed by atoms with Crippen LogP contribution in [-0.4, -0.2) is 49.2 Å². The molecular weight excluding hydrogens is 462 g/mol. The van der Waals surface area contributed by atoms with Crippen molar-refractivity contribution < 1.29 is 18.0 Å². The Hall–Kier alpha value is -2.71. The summed E-state index contributed by atoms with van der Waals surface area (Å²) in [6, 6.07) is 13.8. The molecule has 1 aliphatic heterocycles. The summed E-state index contributed by atoms with van der Waals surface area (Å²) in [5, 5.41) is 3.18. The SMILES string of the molecule is Cc1cccc(N2C(=O)CN(S(=O)(=O)c3ccccc3)C[C@@]2(C)C(=O)NC2CCCCCC2)c1C. The zero-order chi connectivity index (χ0) is 25.2. The van der Waals surface area contributed by atoms with Gasteiger partial charge in [-0.3, -0.25) is 14.5 Å². The predicted molar refractivity (Wildman–Crippen MR) is 137 cm³/mol. The molecule has 4 rings (SSSR count). The largest absolute Gasteiger partial charge is 0.351 e. The average molecular weight is 498 g/mol. The maximum absolute atomic E-state index is 13.9. The van der Waals surface area contributed by atoms with Crippen LogP contribution in [0.4, 0.5) is 5.69 Å². The van der Waals surface area contributed by atoms with E-state index in [0.29, 0.717) is 5.69 Å². The summed E-state index contributed by atoms with van der Waals surface area (Å²) in [5.41, 5.74) is 1.14. The van der Waals surface area contributed by atoms with Gasteiger partial charge in [0.15, 0.2) is 0 Å². The van der Waals surface area contributed by atoms with Gasteiger partial charge in [0.2, 0.25) is 21.8 Å². The number of nitrogens with one attached hydrogen (secondary N) is 1. The lowest BCUT2D eigenvalue weighted by atomic mass is 9.92. The van der Waals surface area contributed by atoms with Crippen molar-refractivity contribution in [3.8, 4) is 0 Å². The molecule has 0 unspecified atom stereocenters. The van der Waals surface area contributed by atoms with Crippen molar-refractivity contribution in [1.82, 2.24) is 9.62 Å². The Morgan fingerprint density at radius 2 is 1.63 bits per heavy atom. The van der Waals surface area contributed by atoms with Gasteiger partial charge in [0.25, 0.3) is 0 Å². The molecule has 188 valence electrons. The number of carbonyl (C=O) groups is 2. The van der Waals surface area contributed by atoms with Crippen molar-refractivity contribution in [2.75, 3.05) is 18.0 Å². The number of amides is 2. The lowest BCUT2D eigenvalue weighted by Crippen LogP contribution is -2.70. The number of carbonyl (C=O) groups excluding carboxylic acids is 2. The molecule has 2 aromatic carbocycles. The Morgan fingerprint density at radius 3 is 2.29 bits per heavy atom. The molecule has 7 nitrogen and oxygen atoms in total. The number of anilines is 1. The van der Waals surface area contributed by atoms with Crippen molar-refractivity contribution in [1.29, 1.82) is 0 Å². The zero-order valence-corrected chi connectivity index (χ0v) is 21.6. The highest BCUT2D eigenvalue weighted by Crippen LogP contribution is 2.35. The van der Waals surface area contributed by atoms with E-state index in [1.54, 1.807) is 25.1 Å². The van der Waals surface area contributed by atoms with Gasteiger partial charge in [-0.2, -0.15) is 4.31 Å². The minimum Gasteiger partial charge on any atom is -0.351 e. The van der Waals surface area contributed by atoms with E-state index < -0.39 is 21.5 Å². The van der Waals surface area contributed by atoms with E-state index in [0.717, 1.165) is 54.0 Å². The fourth-order valence-electron chi connectivity index (χ4n) is 5.19. The quantitative estimate of drug-likeness (QED) is 0.634. The maximum Gasteiger partial charge on any atom is 0.247 e. The van der Waals surface area contributed by atoms with Gasteiger partial charge in [-0.25, -0.2) is 8.42 Å². The molecule has 2 aromatic rings. The fourth-order valence-corrected chi connectivity index (χ4v) is 6.70. The second-order valence-corrected chi connectivity index (χ2v) is 11.9. The Labute approximate surface area is 208 Å². The van der Waals surface area contributed by atoms with E-state index >= 15 is 0 Å². The van der Waals surface area contributed by atoms with Gasteiger partial charge >= 0.3 is 0 Å². The molecule has 1 heterocycles. The van der Waals surface area contributed by atoms with Crippen LogP contribution in [0.15, 0.2) is 53.4 Å². The molecular formula is C27H35N3O4S. The fraction of sp³-hybridized carbons (Fsp3) is 0.481. The third-order valence-corrected chi connectivity index (χ3v) is 9.22. The van der Waals surface area contributed by atoms with Crippen LogP contribution in [0.5, 0.6) is 0 Å². The first-order valence-corrected chi connectivity index (χ1v) is 13.8. The Kier molecular flexibility index (Phi) is 7.33. The number of sulfonamides is 1. The molecule has 8 heteroatoms. The van der Waals surface area contributed by atoms with Gasteiger partial charge in [0, 0.05) is 18.3 Å². The number of hydrogen-bond acceptors (Lipinski definition) is 4. The first-order valence-electron chi connectivity index (χ1n) is 12.4. The van der Waals surface area contributed by atoms with E-state index in [4.69, 9.17) is 0 Å². The first-order chi connectivity index (χ1) is 16.6. The van der Waals surface area contributed by atoms with Crippen LogP contribution in [0, 0.1) is 13.8 Å². The van der Waals surface area contributed by atoms with Crippen LogP contribution >= 0.6 is 0 Å². The monoisotopic (exact) mass is 497 g/mol. The Morgan fingerprint density at radius 1 is 0.971 bits per heavy atom. The molecule has 2 fully saturated rings. The lowest BCUT2D eigenvalue weighted by Gasteiger charge is -2.47. The minimum atomic E-state index is -3.96. The van der Waals surface area contributed by atoms with Crippen LogP contribution in [0.2, 0.25) is 0 Å². The van der Waals surface area contributed by atoms with Crippen molar-refractivity contribution in [2.45, 2.75) is 75.8 Å². The van der Waals surface area contributed by atoms with Gasteiger partial charge in [-0.1, -0.05) is 56.0 Å². The molecule has 2 aliphatic rings. The number of piperazine rings is 1. The smallest absolute Gasteiger partial charge is 0.247 e. The number of hydrogen-bond donors (Lipinski definition) is 1. The summed E-state index contributed by atoms with van der Waals surface area (Å²) in [7, 11) is -3.96. The summed E-state index contributed by atoms with van der Waals surface area (Å²) in [4.78, 5) is 29.2. The van der Waals surface area contributed by atoms with E-state index in [1.807, 2.05) is 32.0 Å². The van der Waals surface area contributed by atoms with Crippen molar-refractivity contribution in [3.05, 3.63) is 59.7 Å². The van der Waals surface area contributed by atoms with Crippen LogP contribution in [-0.2, 0) is 19.6 Å². The molecule has 1 saturated carbocycles. The normalized spacial score (nSPS) is 22.6. The summed E-state index contributed by atoms with van der Waals surface area (Å²) >= 11 is 0. The van der Waals surface area contributed by atoms with Crippen molar-refractivity contribution in [3.63, 3.8) is 0 Å². The Balaban J connectivity index is 1.74. The van der Waals surface area contributed by atoms with Crippen LogP contribution in [0.25, 0.3) is 0 Å². The predicted octanol–water partition coefficient (Wildman–Crippen LogP) is 3.94. The van der Waals surface area contributed by atoms with Crippen LogP contribution in [0.3, 0.4) is 0 Å². The van der Waals surface area contributed by atoms with Gasteiger partial charge in [-0.05, 0) is 62.9 Å². The molecule has 1 saturated heterocycles. The number of rotatable bonds is 5. The standard InChI is InChI=1S/C27H35N3O4S/c1-20-12-11-17-24(21(20)2)30-25(31)18-29(35(33,34)23-15-9-6-10-16-23)19-27(30,3)26(32)28-22-13-7-4-5-8-14-22/h6,9-12,15-17,22H,4-5,7-8,13-14,18-19H2,1-3H3,(H,28,32)/t27-/m0/s1. The molecule has 1 aliphatic carbocycles. The van der Waals surface area contributed by atoms with E-state index in [9.17, 15) is 18.0 Å². The molecule has 1 N–H and O–H groups in total. The zero-order valence-electron chi connectivity index (χ0n) is 20.8. The highest BCUT2D eigenvalue weighted by atomic mass is 32.2. The van der Waals surface area contributed by atoms with Crippen LogP contribution in [0.1, 0.15) is 56.6 Å². The van der Waals surface area contributed by atoms with Gasteiger partial charge in [0.1, 0.15) is 5.54 Å². The summed E-state index contributed by atoms with van der Waals surface area (Å²) < 4.78 is 28.1. The van der Waals surface area contributed by atoms with Gasteiger partial charge in [-0.15, -0.1) is 0 Å². The molecule has 35 heavy (non-hydrogen) atoms. The second kappa shape index (κ2) is 10.1. The molecule has 0 spiro atoms. The van der Waals surface area contributed by atoms with Crippen molar-refractivity contribution >= 4 is 27.5 Å². The Bertz CT molecular complexity index is 1190. The van der Waals surface area contributed by atoms with Gasteiger partial charge in [0.05, 0.1) is 11.4 Å². The van der Waals surface area contributed by atoms with Crippen LogP contribution < -0.4 is 10.2 Å². The highest BCUT2D eigenvalue weighted by molar-refractivity contribution is 7.89. The third-order valence-electron chi connectivity index (χ3n) is 7.42. The molecule has 0 radical (unpaired) electrons. The van der Waals surface area contributed by atoms with E-state index in [1.165, 1.54) is 17.0 Å². The summed E-state index contributed by atoms with van der Waals surface area (Å²) in [6.45, 7) is 5.13. The lowest BCUT2D eigenvalue weighted by molar-refractivity contribution is -0.133. The summed E-state index contributed by atoms with van der Waals surface area (Å²) in [5.74, 6) is -0.727. The molecule has 1 atom stereocenters. The van der Waals surface area contributed by atoms with E-state index in [-0.39, 0.29) is 29.9 Å². The topological polar surface area (TPSA) is 86.8 Å². The van der Waals surface area contributed by atoms with Crippen molar-refractivity contribution in [2.24, 2.45) is 0 Å². The second-order valence-electron chi connectivity index (χ2n) is 9.97. The maximum atomic E-state index is 13.9. The minimum absolute atomic E-state index is 0.0264. The average Bonchev–Trinajstić information content (AvgIpc) is 3.10. The molecule has 0 bridgehead atoms. The van der Waals surface area contributed by atoms with Gasteiger partial charge < -0.3 is 5.32 Å². The van der Waals surface area contributed by atoms with E-state index in [2.05, 4.69) is 5.32 Å².